The Balaban J connectivity index is 2.25. The second-order valence-corrected chi connectivity index (χ2v) is 8.97. The highest BCUT2D eigenvalue weighted by molar-refractivity contribution is 7.85. The molecule has 1 aromatic carbocycles. The third-order valence-electron chi connectivity index (χ3n) is 5.06. The van der Waals surface area contributed by atoms with E-state index in [1.165, 1.54) is 29.5 Å². The number of rotatable bonds is 0. The maximum absolute atomic E-state index is 12.3. The zero-order valence-electron chi connectivity index (χ0n) is 12.5. The van der Waals surface area contributed by atoms with E-state index in [1.54, 1.807) is 0 Å². The molecule has 0 saturated heterocycles. The molecule has 1 heterocycles. The monoisotopic (exact) mass is 276 g/mol. The van der Waals surface area contributed by atoms with Crippen molar-refractivity contribution in [1.82, 2.24) is 0 Å². The number of aryl methyl sites for hydroxylation is 1. The molecule has 0 spiro atoms. The number of hydrogen-bond donors (Lipinski definition) is 0. The van der Waals surface area contributed by atoms with Crippen LogP contribution in [0.3, 0.4) is 0 Å². The first-order chi connectivity index (χ1) is 8.81. The first-order valence-corrected chi connectivity index (χ1v) is 8.69. The van der Waals surface area contributed by atoms with Crippen molar-refractivity contribution in [1.29, 1.82) is 0 Å². The Kier molecular flexibility index (Phi) is 2.94. The van der Waals surface area contributed by atoms with Crippen molar-refractivity contribution in [2.75, 3.05) is 5.75 Å². The normalized spacial score (nSPS) is 27.5. The van der Waals surface area contributed by atoms with Crippen molar-refractivity contribution in [3.8, 4) is 0 Å². The van der Waals surface area contributed by atoms with E-state index in [4.69, 9.17) is 0 Å². The van der Waals surface area contributed by atoms with Gasteiger partial charge in [0.1, 0.15) is 0 Å². The lowest BCUT2D eigenvalue weighted by Crippen LogP contribution is -2.34. The Morgan fingerprint density at radius 3 is 2.21 bits per heavy atom. The Hall–Kier alpha value is -0.630. The molecule has 1 atom stereocenters. The third kappa shape index (κ3) is 2.08. The van der Waals surface area contributed by atoms with E-state index in [0.717, 1.165) is 23.5 Å². The minimum Gasteiger partial charge on any atom is -0.254 e. The molecule has 0 radical (unpaired) electrons. The molecule has 2 heteroatoms. The summed E-state index contributed by atoms with van der Waals surface area (Å²) in [6.45, 7) is 9.37. The van der Waals surface area contributed by atoms with Crippen LogP contribution in [0.25, 0.3) is 0 Å². The molecule has 1 nitrogen and oxygen atoms in total. The highest BCUT2D eigenvalue weighted by atomic mass is 32.2. The lowest BCUT2D eigenvalue weighted by atomic mass is 9.63. The summed E-state index contributed by atoms with van der Waals surface area (Å²) >= 11 is 0. The van der Waals surface area contributed by atoms with Crippen molar-refractivity contribution < 1.29 is 4.21 Å². The van der Waals surface area contributed by atoms with Crippen LogP contribution in [-0.2, 0) is 28.1 Å². The Morgan fingerprint density at radius 2 is 1.58 bits per heavy atom. The van der Waals surface area contributed by atoms with Crippen molar-refractivity contribution in [2.24, 2.45) is 0 Å². The number of benzene rings is 1. The molecule has 19 heavy (non-hydrogen) atoms. The van der Waals surface area contributed by atoms with E-state index in [0.29, 0.717) is 0 Å². The van der Waals surface area contributed by atoms with Crippen LogP contribution in [0.2, 0.25) is 0 Å². The molecular formula is C17H24OS. The van der Waals surface area contributed by atoms with Gasteiger partial charge in [0, 0.05) is 10.6 Å². The highest BCUT2D eigenvalue weighted by Gasteiger charge is 2.38. The predicted octanol–water partition coefficient (Wildman–Crippen LogP) is 4.09. The van der Waals surface area contributed by atoms with Crippen molar-refractivity contribution in [3.05, 3.63) is 28.8 Å². The van der Waals surface area contributed by atoms with Gasteiger partial charge in [-0.2, -0.15) is 0 Å². The largest absolute Gasteiger partial charge is 0.254 e. The molecule has 3 rings (SSSR count). The van der Waals surface area contributed by atoms with Gasteiger partial charge in [-0.3, -0.25) is 4.21 Å². The van der Waals surface area contributed by atoms with Gasteiger partial charge >= 0.3 is 0 Å². The SMILES string of the molecule is CC1(C)CCC(C)(C)c2cc3c(cc21)CCCS3=O. The highest BCUT2D eigenvalue weighted by Crippen LogP contribution is 2.47. The van der Waals surface area contributed by atoms with Crippen LogP contribution in [0, 0.1) is 0 Å². The maximum Gasteiger partial charge on any atom is 0.0532 e. The van der Waals surface area contributed by atoms with E-state index in [-0.39, 0.29) is 10.8 Å². The summed E-state index contributed by atoms with van der Waals surface area (Å²) in [5.41, 5.74) is 4.77. The van der Waals surface area contributed by atoms with E-state index in [1.807, 2.05) is 0 Å². The molecule has 1 aliphatic carbocycles. The zero-order chi connectivity index (χ0) is 13.8. The van der Waals surface area contributed by atoms with Gasteiger partial charge in [0.2, 0.25) is 0 Å². The fourth-order valence-corrected chi connectivity index (χ4v) is 4.88. The molecular weight excluding hydrogens is 252 g/mol. The first kappa shape index (κ1) is 13.4. The Bertz CT molecular complexity index is 555. The molecule has 0 saturated carbocycles. The zero-order valence-corrected chi connectivity index (χ0v) is 13.3. The Morgan fingerprint density at radius 1 is 1.00 bits per heavy atom. The van der Waals surface area contributed by atoms with E-state index < -0.39 is 10.8 Å². The summed E-state index contributed by atoms with van der Waals surface area (Å²) in [4.78, 5) is 1.12. The minimum absolute atomic E-state index is 0.224. The van der Waals surface area contributed by atoms with Crippen molar-refractivity contribution in [3.63, 3.8) is 0 Å². The van der Waals surface area contributed by atoms with Crippen LogP contribution in [0.4, 0.5) is 0 Å². The van der Waals surface area contributed by atoms with Crippen LogP contribution in [-0.4, -0.2) is 9.96 Å². The van der Waals surface area contributed by atoms with Gasteiger partial charge in [-0.15, -0.1) is 0 Å². The van der Waals surface area contributed by atoms with Crippen LogP contribution in [0.5, 0.6) is 0 Å². The average Bonchev–Trinajstić information content (AvgIpc) is 2.35. The predicted molar refractivity (Wildman–Crippen MR) is 81.3 cm³/mol. The van der Waals surface area contributed by atoms with E-state index in [9.17, 15) is 4.21 Å². The van der Waals surface area contributed by atoms with Gasteiger partial charge in [0.25, 0.3) is 0 Å². The van der Waals surface area contributed by atoms with Crippen LogP contribution in [0.1, 0.15) is 63.6 Å². The van der Waals surface area contributed by atoms with Gasteiger partial charge < -0.3 is 0 Å². The van der Waals surface area contributed by atoms with E-state index >= 15 is 0 Å². The van der Waals surface area contributed by atoms with Crippen LogP contribution < -0.4 is 0 Å². The van der Waals surface area contributed by atoms with Crippen LogP contribution >= 0.6 is 0 Å². The van der Waals surface area contributed by atoms with Gasteiger partial charge in [-0.25, -0.2) is 0 Å². The molecule has 0 aromatic heterocycles. The average molecular weight is 276 g/mol. The van der Waals surface area contributed by atoms with Crippen LogP contribution in [0.15, 0.2) is 17.0 Å². The number of hydrogen-bond acceptors (Lipinski definition) is 1. The standard InChI is InChI=1S/C17H24OS/c1-16(2)7-8-17(3,4)14-11-15-12(10-13(14)16)6-5-9-19(15)18/h10-11H,5-9H2,1-4H3. The van der Waals surface area contributed by atoms with Gasteiger partial charge in [-0.1, -0.05) is 33.8 Å². The molecule has 1 unspecified atom stereocenters. The van der Waals surface area contributed by atoms with Gasteiger partial charge in [0.05, 0.1) is 10.8 Å². The lowest BCUT2D eigenvalue weighted by Gasteiger charge is -2.42. The van der Waals surface area contributed by atoms with Gasteiger partial charge in [-0.05, 0) is 59.3 Å². The summed E-state index contributed by atoms with van der Waals surface area (Å²) in [7, 11) is -0.771. The molecule has 0 N–H and O–H groups in total. The fourth-order valence-electron chi connectivity index (χ4n) is 3.55. The third-order valence-corrected chi connectivity index (χ3v) is 6.59. The first-order valence-electron chi connectivity index (χ1n) is 7.37. The fraction of sp³-hybridized carbons (Fsp3) is 0.647. The summed E-state index contributed by atoms with van der Waals surface area (Å²) in [5, 5.41) is 0. The molecule has 0 fully saturated rings. The lowest BCUT2D eigenvalue weighted by molar-refractivity contribution is 0.330. The summed E-state index contributed by atoms with van der Waals surface area (Å²) in [6.07, 6.45) is 4.64. The van der Waals surface area contributed by atoms with Crippen molar-refractivity contribution >= 4 is 10.8 Å². The maximum atomic E-state index is 12.3. The second kappa shape index (κ2) is 4.18. The summed E-state index contributed by atoms with van der Waals surface area (Å²) in [5.74, 6) is 0.843. The molecule has 1 aromatic rings. The Labute approximate surface area is 119 Å². The van der Waals surface area contributed by atoms with Gasteiger partial charge in [0.15, 0.2) is 0 Å². The molecule has 0 amide bonds. The van der Waals surface area contributed by atoms with E-state index in [2.05, 4.69) is 39.8 Å². The number of fused-ring (bicyclic) bond motifs is 2. The smallest absolute Gasteiger partial charge is 0.0532 e. The molecule has 2 aliphatic rings. The summed E-state index contributed by atoms with van der Waals surface area (Å²) in [6, 6.07) is 4.66. The topological polar surface area (TPSA) is 17.1 Å². The van der Waals surface area contributed by atoms with Crippen molar-refractivity contribution in [2.45, 2.75) is 69.1 Å². The quantitative estimate of drug-likeness (QED) is 0.697. The second-order valence-electron chi connectivity index (χ2n) is 7.43. The molecule has 104 valence electrons. The summed E-state index contributed by atoms with van der Waals surface area (Å²) < 4.78 is 12.3. The molecule has 0 bridgehead atoms. The molecule has 1 aliphatic heterocycles. The minimum atomic E-state index is -0.771.